The van der Waals surface area contributed by atoms with Crippen LogP contribution in [-0.4, -0.2) is 45.4 Å². The summed E-state index contributed by atoms with van der Waals surface area (Å²) in [5.41, 5.74) is 4.48. The SMILES string of the molecule is CC(C)(C)c1ccc2c(c1)CN(C(=O)c1cn(C3CCCNC3)nn1)CC2. The van der Waals surface area contributed by atoms with Crippen LogP contribution in [-0.2, 0) is 18.4 Å². The molecule has 0 radical (unpaired) electrons. The van der Waals surface area contributed by atoms with E-state index in [4.69, 9.17) is 0 Å². The van der Waals surface area contributed by atoms with Crippen LogP contribution >= 0.6 is 0 Å². The van der Waals surface area contributed by atoms with Gasteiger partial charge < -0.3 is 10.2 Å². The summed E-state index contributed by atoms with van der Waals surface area (Å²) >= 11 is 0. The first kappa shape index (κ1) is 18.2. The average molecular weight is 367 g/mol. The van der Waals surface area contributed by atoms with Gasteiger partial charge in [-0.1, -0.05) is 44.2 Å². The van der Waals surface area contributed by atoms with E-state index in [1.54, 1.807) is 0 Å². The first-order valence-electron chi connectivity index (χ1n) is 9.96. The largest absolute Gasteiger partial charge is 0.333 e. The van der Waals surface area contributed by atoms with E-state index in [9.17, 15) is 4.79 Å². The summed E-state index contributed by atoms with van der Waals surface area (Å²) in [4.78, 5) is 14.9. The van der Waals surface area contributed by atoms with Crippen LogP contribution in [0.1, 0.15) is 66.8 Å². The molecule has 1 N–H and O–H groups in total. The van der Waals surface area contributed by atoms with E-state index in [1.165, 1.54) is 16.7 Å². The van der Waals surface area contributed by atoms with Crippen molar-refractivity contribution in [1.82, 2.24) is 25.2 Å². The zero-order valence-electron chi connectivity index (χ0n) is 16.5. The molecule has 1 aromatic carbocycles. The van der Waals surface area contributed by atoms with Crippen LogP contribution in [0.4, 0.5) is 0 Å². The summed E-state index contributed by atoms with van der Waals surface area (Å²) in [5.74, 6) is -0.0168. The summed E-state index contributed by atoms with van der Waals surface area (Å²) in [7, 11) is 0. The van der Waals surface area contributed by atoms with Crippen LogP contribution in [0.2, 0.25) is 0 Å². The van der Waals surface area contributed by atoms with E-state index >= 15 is 0 Å². The Hall–Kier alpha value is -2.21. The third kappa shape index (κ3) is 3.76. The van der Waals surface area contributed by atoms with Gasteiger partial charge in [0.05, 0.1) is 12.2 Å². The van der Waals surface area contributed by atoms with Crippen molar-refractivity contribution in [2.45, 2.75) is 58.0 Å². The number of carbonyl (C=O) groups excluding carboxylic acids is 1. The van der Waals surface area contributed by atoms with E-state index in [-0.39, 0.29) is 11.3 Å². The maximum Gasteiger partial charge on any atom is 0.276 e. The number of hydrogen-bond donors (Lipinski definition) is 1. The Balaban J connectivity index is 1.50. The highest BCUT2D eigenvalue weighted by Crippen LogP contribution is 2.28. The first-order valence-corrected chi connectivity index (χ1v) is 9.96. The van der Waals surface area contributed by atoms with Crippen molar-refractivity contribution >= 4 is 5.91 Å². The number of nitrogens with one attached hydrogen (secondary N) is 1. The van der Waals surface area contributed by atoms with Crippen molar-refractivity contribution in [1.29, 1.82) is 0 Å². The smallest absolute Gasteiger partial charge is 0.276 e. The second-order valence-corrected chi connectivity index (χ2v) is 8.79. The lowest BCUT2D eigenvalue weighted by atomic mass is 9.84. The van der Waals surface area contributed by atoms with Gasteiger partial charge in [0, 0.05) is 19.6 Å². The molecule has 1 fully saturated rings. The summed E-state index contributed by atoms with van der Waals surface area (Å²) in [6.45, 7) is 10.00. The topological polar surface area (TPSA) is 63.1 Å². The molecule has 6 heteroatoms. The number of aromatic nitrogens is 3. The molecule has 2 aliphatic heterocycles. The Morgan fingerprint density at radius 1 is 1.26 bits per heavy atom. The van der Waals surface area contributed by atoms with Crippen LogP contribution in [0.25, 0.3) is 0 Å². The van der Waals surface area contributed by atoms with Crippen molar-refractivity contribution < 1.29 is 4.79 Å². The number of piperidine rings is 1. The third-order valence-corrected chi connectivity index (χ3v) is 5.75. The van der Waals surface area contributed by atoms with Gasteiger partial charge in [-0.2, -0.15) is 0 Å². The highest BCUT2D eigenvalue weighted by Gasteiger charge is 2.26. The highest BCUT2D eigenvalue weighted by atomic mass is 16.2. The molecule has 6 nitrogen and oxygen atoms in total. The molecule has 0 saturated carbocycles. The van der Waals surface area contributed by atoms with Crippen LogP contribution in [0, 0.1) is 0 Å². The zero-order valence-corrected chi connectivity index (χ0v) is 16.5. The minimum atomic E-state index is -0.0168. The van der Waals surface area contributed by atoms with Gasteiger partial charge in [-0.05, 0) is 47.9 Å². The molecule has 0 spiro atoms. The summed E-state index contributed by atoms with van der Waals surface area (Å²) < 4.78 is 1.86. The van der Waals surface area contributed by atoms with E-state index in [2.05, 4.69) is 54.6 Å². The number of carbonyl (C=O) groups is 1. The molecule has 27 heavy (non-hydrogen) atoms. The average Bonchev–Trinajstić information content (AvgIpc) is 3.17. The maximum absolute atomic E-state index is 13.0. The van der Waals surface area contributed by atoms with E-state index < -0.39 is 0 Å². The molecule has 3 heterocycles. The molecule has 2 aromatic rings. The molecule has 0 aliphatic carbocycles. The van der Waals surface area contributed by atoms with Crippen molar-refractivity contribution in [3.05, 3.63) is 46.8 Å². The van der Waals surface area contributed by atoms with E-state index in [1.807, 2.05) is 15.8 Å². The number of benzene rings is 1. The lowest BCUT2D eigenvalue weighted by molar-refractivity contribution is 0.0728. The van der Waals surface area contributed by atoms with Crippen molar-refractivity contribution in [2.24, 2.45) is 0 Å². The van der Waals surface area contributed by atoms with Gasteiger partial charge in [0.15, 0.2) is 5.69 Å². The minimum Gasteiger partial charge on any atom is -0.333 e. The molecule has 4 rings (SSSR count). The third-order valence-electron chi connectivity index (χ3n) is 5.75. The summed E-state index contributed by atoms with van der Waals surface area (Å²) in [5, 5.41) is 11.8. The summed E-state index contributed by atoms with van der Waals surface area (Å²) in [6.07, 6.45) is 4.93. The Labute approximate surface area is 160 Å². The van der Waals surface area contributed by atoms with Gasteiger partial charge in [0.2, 0.25) is 0 Å². The fourth-order valence-corrected chi connectivity index (χ4v) is 3.97. The van der Waals surface area contributed by atoms with Gasteiger partial charge in [-0.25, -0.2) is 4.68 Å². The molecular weight excluding hydrogens is 338 g/mol. The minimum absolute atomic E-state index is 0.0168. The van der Waals surface area contributed by atoms with Gasteiger partial charge in [-0.3, -0.25) is 4.79 Å². The predicted molar refractivity (Wildman–Crippen MR) is 105 cm³/mol. The van der Waals surface area contributed by atoms with Gasteiger partial charge in [-0.15, -0.1) is 5.10 Å². The molecule has 1 aromatic heterocycles. The Bertz CT molecular complexity index is 829. The number of rotatable bonds is 2. The molecule has 1 saturated heterocycles. The molecule has 0 bridgehead atoms. The fourth-order valence-electron chi connectivity index (χ4n) is 3.97. The van der Waals surface area contributed by atoms with Gasteiger partial charge in [0.25, 0.3) is 5.91 Å². The first-order chi connectivity index (χ1) is 12.9. The lowest BCUT2D eigenvalue weighted by Gasteiger charge is -2.30. The quantitative estimate of drug-likeness (QED) is 0.886. The number of amides is 1. The van der Waals surface area contributed by atoms with Gasteiger partial charge >= 0.3 is 0 Å². The molecule has 1 amide bonds. The maximum atomic E-state index is 13.0. The number of hydrogen-bond acceptors (Lipinski definition) is 4. The van der Waals surface area contributed by atoms with Crippen molar-refractivity contribution in [3.63, 3.8) is 0 Å². The van der Waals surface area contributed by atoms with Gasteiger partial charge in [0.1, 0.15) is 0 Å². The van der Waals surface area contributed by atoms with E-state index in [0.29, 0.717) is 18.3 Å². The second kappa shape index (κ2) is 7.08. The standard InChI is InChI=1S/C21H29N5O/c1-21(2,3)17-7-6-15-8-10-25(13-16(15)11-17)20(27)19-14-26(24-23-19)18-5-4-9-22-12-18/h6-7,11,14,18,22H,4-5,8-10,12-13H2,1-3H3. The monoisotopic (exact) mass is 367 g/mol. The Kier molecular flexibility index (Phi) is 4.76. The molecule has 2 aliphatic rings. The van der Waals surface area contributed by atoms with E-state index in [0.717, 1.165) is 38.9 Å². The molecule has 1 atom stereocenters. The predicted octanol–water partition coefficient (Wildman–Crippen LogP) is 2.70. The molecule has 144 valence electrons. The van der Waals surface area contributed by atoms with Crippen molar-refractivity contribution in [2.75, 3.05) is 19.6 Å². The van der Waals surface area contributed by atoms with Crippen LogP contribution in [0.3, 0.4) is 0 Å². The van der Waals surface area contributed by atoms with Crippen LogP contribution in [0.15, 0.2) is 24.4 Å². The Morgan fingerprint density at radius 3 is 2.85 bits per heavy atom. The highest BCUT2D eigenvalue weighted by molar-refractivity contribution is 5.92. The lowest BCUT2D eigenvalue weighted by Crippen LogP contribution is -2.36. The molecule has 1 unspecified atom stereocenters. The Morgan fingerprint density at radius 2 is 2.11 bits per heavy atom. The normalized spacial score (nSPS) is 20.4. The molecular formula is C21H29N5O. The zero-order chi connectivity index (χ0) is 19.0. The second-order valence-electron chi connectivity index (χ2n) is 8.79. The van der Waals surface area contributed by atoms with Crippen LogP contribution in [0.5, 0.6) is 0 Å². The number of fused-ring (bicyclic) bond motifs is 1. The fraction of sp³-hybridized carbons (Fsp3) is 0.571. The van der Waals surface area contributed by atoms with Crippen LogP contribution < -0.4 is 5.32 Å². The summed E-state index contributed by atoms with van der Waals surface area (Å²) in [6, 6.07) is 7.01. The van der Waals surface area contributed by atoms with Crippen molar-refractivity contribution in [3.8, 4) is 0 Å². The number of nitrogens with zero attached hydrogens (tertiary/aromatic N) is 4.